The van der Waals surface area contributed by atoms with Gasteiger partial charge in [-0.05, 0) is 35.9 Å². The molecule has 0 radical (unpaired) electrons. The average Bonchev–Trinajstić information content (AvgIpc) is 3.35. The first-order valence-electron chi connectivity index (χ1n) is 8.99. The maximum Gasteiger partial charge on any atom is 0.117 e. The molecule has 6 nitrogen and oxygen atoms in total. The SMILES string of the molecule is Oc1cccc(-n2nnc3ccc(-c4ccnn4Cc4ccccc4)cc32)c1. The van der Waals surface area contributed by atoms with Crippen molar-refractivity contribution in [3.63, 3.8) is 0 Å². The van der Waals surface area contributed by atoms with Gasteiger partial charge < -0.3 is 5.11 Å². The molecule has 0 fully saturated rings. The lowest BCUT2D eigenvalue weighted by Gasteiger charge is -2.09. The van der Waals surface area contributed by atoms with E-state index in [1.165, 1.54) is 5.56 Å². The topological polar surface area (TPSA) is 68.8 Å². The Hall–Kier alpha value is -3.93. The third kappa shape index (κ3) is 2.91. The molecule has 3 aromatic carbocycles. The molecule has 0 spiro atoms. The normalized spacial score (nSPS) is 11.1. The fraction of sp³-hybridized carbons (Fsp3) is 0.0455. The Morgan fingerprint density at radius 3 is 2.61 bits per heavy atom. The van der Waals surface area contributed by atoms with Gasteiger partial charge in [0.2, 0.25) is 0 Å². The highest BCUT2D eigenvalue weighted by atomic mass is 16.3. The van der Waals surface area contributed by atoms with Crippen LogP contribution in [0, 0.1) is 0 Å². The Balaban J connectivity index is 1.58. The van der Waals surface area contributed by atoms with Gasteiger partial charge in [-0.25, -0.2) is 4.68 Å². The standard InChI is InChI=1S/C22H17N5O/c28-19-8-4-7-18(14-19)27-22-13-17(9-10-20(22)24-25-27)21-11-12-23-26(21)15-16-5-2-1-3-6-16/h1-14,28H,15H2. The summed E-state index contributed by atoms with van der Waals surface area (Å²) in [5.41, 5.74) is 5.67. The van der Waals surface area contributed by atoms with Crippen LogP contribution in [0.3, 0.4) is 0 Å². The zero-order chi connectivity index (χ0) is 18.9. The number of hydrogen-bond acceptors (Lipinski definition) is 4. The summed E-state index contributed by atoms with van der Waals surface area (Å²) >= 11 is 0. The summed E-state index contributed by atoms with van der Waals surface area (Å²) < 4.78 is 3.72. The van der Waals surface area contributed by atoms with Gasteiger partial charge in [0.15, 0.2) is 0 Å². The number of fused-ring (bicyclic) bond motifs is 1. The summed E-state index contributed by atoms with van der Waals surface area (Å²) in [4.78, 5) is 0. The van der Waals surface area contributed by atoms with E-state index in [-0.39, 0.29) is 5.75 Å². The number of benzene rings is 3. The predicted molar refractivity (Wildman–Crippen MR) is 107 cm³/mol. The molecule has 136 valence electrons. The Bertz CT molecular complexity index is 1260. The van der Waals surface area contributed by atoms with E-state index in [2.05, 4.69) is 33.6 Å². The Labute approximate surface area is 161 Å². The van der Waals surface area contributed by atoms with E-state index < -0.39 is 0 Å². The fourth-order valence-electron chi connectivity index (χ4n) is 3.35. The predicted octanol–water partition coefficient (Wildman–Crippen LogP) is 4.04. The van der Waals surface area contributed by atoms with Gasteiger partial charge in [0.05, 0.1) is 23.4 Å². The molecule has 0 aliphatic heterocycles. The quantitative estimate of drug-likeness (QED) is 0.521. The van der Waals surface area contributed by atoms with Crippen LogP contribution >= 0.6 is 0 Å². The fourth-order valence-corrected chi connectivity index (χ4v) is 3.35. The van der Waals surface area contributed by atoms with Crippen LogP contribution in [0.2, 0.25) is 0 Å². The van der Waals surface area contributed by atoms with Gasteiger partial charge in [-0.2, -0.15) is 5.10 Å². The van der Waals surface area contributed by atoms with Gasteiger partial charge in [-0.3, -0.25) is 4.68 Å². The number of phenols is 1. The molecule has 0 unspecified atom stereocenters. The van der Waals surface area contributed by atoms with Crippen molar-refractivity contribution in [3.8, 4) is 22.7 Å². The molecule has 5 rings (SSSR count). The summed E-state index contributed by atoms with van der Waals surface area (Å²) in [5.74, 6) is 0.193. The molecule has 2 heterocycles. The van der Waals surface area contributed by atoms with Gasteiger partial charge in [0, 0.05) is 17.8 Å². The second-order valence-corrected chi connectivity index (χ2v) is 6.58. The van der Waals surface area contributed by atoms with E-state index in [4.69, 9.17) is 0 Å². The monoisotopic (exact) mass is 367 g/mol. The van der Waals surface area contributed by atoms with Crippen LogP contribution in [-0.4, -0.2) is 29.9 Å². The molecule has 28 heavy (non-hydrogen) atoms. The third-order valence-electron chi connectivity index (χ3n) is 4.71. The molecule has 0 saturated heterocycles. The highest BCUT2D eigenvalue weighted by molar-refractivity contribution is 5.82. The minimum Gasteiger partial charge on any atom is -0.508 e. The van der Waals surface area contributed by atoms with Crippen molar-refractivity contribution >= 4 is 11.0 Å². The molecule has 0 bridgehead atoms. The minimum atomic E-state index is 0.193. The first-order chi connectivity index (χ1) is 13.8. The van der Waals surface area contributed by atoms with Crippen molar-refractivity contribution < 1.29 is 5.11 Å². The van der Waals surface area contributed by atoms with Crippen molar-refractivity contribution in [2.24, 2.45) is 0 Å². The lowest BCUT2D eigenvalue weighted by molar-refractivity contribution is 0.475. The molecular weight excluding hydrogens is 350 g/mol. The highest BCUT2D eigenvalue weighted by Gasteiger charge is 2.12. The zero-order valence-electron chi connectivity index (χ0n) is 15.0. The van der Waals surface area contributed by atoms with Gasteiger partial charge in [-0.1, -0.05) is 47.7 Å². The van der Waals surface area contributed by atoms with Crippen LogP contribution in [0.5, 0.6) is 5.75 Å². The smallest absolute Gasteiger partial charge is 0.117 e. The number of rotatable bonds is 4. The van der Waals surface area contributed by atoms with E-state index in [1.807, 2.05) is 53.3 Å². The largest absolute Gasteiger partial charge is 0.508 e. The first-order valence-corrected chi connectivity index (χ1v) is 8.99. The van der Waals surface area contributed by atoms with Crippen LogP contribution in [0.25, 0.3) is 28.0 Å². The molecule has 2 aromatic heterocycles. The van der Waals surface area contributed by atoms with Crippen LogP contribution in [-0.2, 0) is 6.54 Å². The summed E-state index contributed by atoms with van der Waals surface area (Å²) in [6.07, 6.45) is 1.81. The maximum atomic E-state index is 9.79. The lowest BCUT2D eigenvalue weighted by atomic mass is 10.1. The zero-order valence-corrected chi connectivity index (χ0v) is 15.0. The number of hydrogen-bond donors (Lipinski definition) is 1. The number of aromatic nitrogens is 5. The summed E-state index contributed by atoms with van der Waals surface area (Å²) in [7, 11) is 0. The average molecular weight is 367 g/mol. The Morgan fingerprint density at radius 1 is 0.857 bits per heavy atom. The van der Waals surface area contributed by atoms with Crippen molar-refractivity contribution in [1.29, 1.82) is 0 Å². The highest BCUT2D eigenvalue weighted by Crippen LogP contribution is 2.26. The maximum absolute atomic E-state index is 9.79. The Morgan fingerprint density at radius 2 is 1.75 bits per heavy atom. The molecule has 0 atom stereocenters. The molecule has 5 aromatic rings. The summed E-state index contributed by atoms with van der Waals surface area (Å²) in [6.45, 7) is 0.700. The van der Waals surface area contributed by atoms with Crippen LogP contribution < -0.4 is 0 Å². The summed E-state index contributed by atoms with van der Waals surface area (Å²) in [6, 6.07) is 25.3. The number of aromatic hydroxyl groups is 1. The van der Waals surface area contributed by atoms with E-state index in [0.29, 0.717) is 6.54 Å². The molecule has 6 heteroatoms. The molecule has 0 amide bonds. The number of nitrogens with zero attached hydrogens (tertiary/aromatic N) is 5. The van der Waals surface area contributed by atoms with E-state index in [9.17, 15) is 5.11 Å². The van der Waals surface area contributed by atoms with Gasteiger partial charge in [-0.15, -0.1) is 5.10 Å². The Kier molecular flexibility index (Phi) is 3.87. The number of phenolic OH excluding ortho intramolecular Hbond substituents is 1. The lowest BCUT2D eigenvalue weighted by Crippen LogP contribution is -2.03. The molecule has 0 aliphatic carbocycles. The molecule has 1 N–H and O–H groups in total. The molecular formula is C22H17N5O. The second-order valence-electron chi connectivity index (χ2n) is 6.58. The van der Waals surface area contributed by atoms with E-state index >= 15 is 0 Å². The van der Waals surface area contributed by atoms with Gasteiger partial charge >= 0.3 is 0 Å². The third-order valence-corrected chi connectivity index (χ3v) is 4.71. The van der Waals surface area contributed by atoms with Crippen molar-refractivity contribution in [2.45, 2.75) is 6.54 Å². The van der Waals surface area contributed by atoms with Crippen molar-refractivity contribution in [1.82, 2.24) is 24.8 Å². The second kappa shape index (κ2) is 6.66. The molecule has 0 saturated carbocycles. The summed E-state index contributed by atoms with van der Waals surface area (Å²) in [5, 5.41) is 22.8. The molecule has 0 aliphatic rings. The van der Waals surface area contributed by atoms with E-state index in [1.54, 1.807) is 22.9 Å². The first kappa shape index (κ1) is 16.3. The van der Waals surface area contributed by atoms with Crippen LogP contribution in [0.15, 0.2) is 85.1 Å². The van der Waals surface area contributed by atoms with E-state index in [0.717, 1.165) is 28.0 Å². The van der Waals surface area contributed by atoms with Crippen LogP contribution in [0.4, 0.5) is 0 Å². The van der Waals surface area contributed by atoms with Gasteiger partial charge in [0.25, 0.3) is 0 Å². The van der Waals surface area contributed by atoms with Gasteiger partial charge in [0.1, 0.15) is 11.3 Å². The van der Waals surface area contributed by atoms with Crippen molar-refractivity contribution in [3.05, 3.63) is 90.6 Å². The van der Waals surface area contributed by atoms with Crippen molar-refractivity contribution in [2.75, 3.05) is 0 Å². The minimum absolute atomic E-state index is 0.193. The van der Waals surface area contributed by atoms with Crippen LogP contribution in [0.1, 0.15) is 5.56 Å².